The number of ketones is 1. The SMILES string of the molecule is CCc1ccc(/C=C2\Oc3c(ccc(OC(=O)C4CC4)c3C)C2=O)cc1. The Morgan fingerprint density at radius 1 is 1.19 bits per heavy atom. The van der Waals surface area contributed by atoms with Crippen molar-refractivity contribution < 1.29 is 19.1 Å². The van der Waals surface area contributed by atoms with Crippen molar-refractivity contribution in [3.8, 4) is 11.5 Å². The zero-order valence-electron chi connectivity index (χ0n) is 14.9. The Morgan fingerprint density at radius 3 is 2.58 bits per heavy atom. The molecule has 2 aromatic rings. The molecule has 132 valence electrons. The minimum Gasteiger partial charge on any atom is -0.452 e. The minimum absolute atomic E-state index is 0.0201. The summed E-state index contributed by atoms with van der Waals surface area (Å²) >= 11 is 0. The van der Waals surface area contributed by atoms with Crippen LogP contribution < -0.4 is 9.47 Å². The molecule has 26 heavy (non-hydrogen) atoms. The monoisotopic (exact) mass is 348 g/mol. The first-order valence-corrected chi connectivity index (χ1v) is 8.95. The lowest BCUT2D eigenvalue weighted by Gasteiger charge is -2.09. The third kappa shape index (κ3) is 3.03. The third-order valence-electron chi connectivity index (χ3n) is 4.84. The maximum absolute atomic E-state index is 12.6. The topological polar surface area (TPSA) is 52.6 Å². The van der Waals surface area contributed by atoms with Gasteiger partial charge in [-0.15, -0.1) is 0 Å². The summed E-state index contributed by atoms with van der Waals surface area (Å²) < 4.78 is 11.3. The largest absolute Gasteiger partial charge is 0.452 e. The molecule has 1 fully saturated rings. The molecule has 2 aliphatic rings. The summed E-state index contributed by atoms with van der Waals surface area (Å²) in [7, 11) is 0. The molecule has 4 rings (SSSR count). The first-order valence-electron chi connectivity index (χ1n) is 8.95. The number of carbonyl (C=O) groups is 2. The van der Waals surface area contributed by atoms with Crippen LogP contribution in [0.4, 0.5) is 0 Å². The zero-order valence-corrected chi connectivity index (χ0v) is 14.9. The molecule has 0 saturated heterocycles. The fourth-order valence-corrected chi connectivity index (χ4v) is 2.99. The maximum atomic E-state index is 12.6. The lowest BCUT2D eigenvalue weighted by Crippen LogP contribution is -2.10. The Hall–Kier alpha value is -2.88. The molecule has 1 heterocycles. The van der Waals surface area contributed by atoms with E-state index >= 15 is 0 Å². The molecule has 0 spiro atoms. The number of benzene rings is 2. The number of rotatable bonds is 4. The standard InChI is InChI=1S/C22H20O4/c1-3-14-4-6-15(7-5-14)12-19-20(23)17-10-11-18(13(2)21(17)25-19)26-22(24)16-8-9-16/h4-7,10-12,16H,3,8-9H2,1-2H3/b19-12-. The van der Waals surface area contributed by atoms with E-state index in [0.717, 1.165) is 24.8 Å². The number of aryl methyl sites for hydroxylation is 1. The molecule has 2 aromatic carbocycles. The number of fused-ring (bicyclic) bond motifs is 1. The molecule has 0 unspecified atom stereocenters. The summed E-state index contributed by atoms with van der Waals surface area (Å²) in [6.07, 6.45) is 4.50. The van der Waals surface area contributed by atoms with Crippen molar-refractivity contribution in [1.29, 1.82) is 0 Å². The van der Waals surface area contributed by atoms with Gasteiger partial charge in [0, 0.05) is 5.56 Å². The second kappa shape index (κ2) is 6.45. The van der Waals surface area contributed by atoms with Crippen molar-refractivity contribution in [3.63, 3.8) is 0 Å². The Kier molecular flexibility index (Phi) is 4.11. The Balaban J connectivity index is 1.60. The van der Waals surface area contributed by atoms with Crippen molar-refractivity contribution in [1.82, 2.24) is 0 Å². The molecule has 0 bridgehead atoms. The summed E-state index contributed by atoms with van der Waals surface area (Å²) in [6.45, 7) is 3.91. The molecule has 4 heteroatoms. The van der Waals surface area contributed by atoms with Gasteiger partial charge >= 0.3 is 5.97 Å². The van der Waals surface area contributed by atoms with Gasteiger partial charge in [0.25, 0.3) is 0 Å². The number of hydrogen-bond acceptors (Lipinski definition) is 4. The van der Waals surface area contributed by atoms with E-state index in [-0.39, 0.29) is 23.4 Å². The zero-order chi connectivity index (χ0) is 18.3. The molecule has 0 aromatic heterocycles. The predicted octanol–water partition coefficient (Wildman–Crippen LogP) is 4.49. The third-order valence-corrected chi connectivity index (χ3v) is 4.84. The quantitative estimate of drug-likeness (QED) is 0.464. The van der Waals surface area contributed by atoms with Crippen LogP contribution in [0.2, 0.25) is 0 Å². The summed E-state index contributed by atoms with van der Waals surface area (Å²) in [5, 5.41) is 0. The van der Waals surface area contributed by atoms with Crippen molar-refractivity contribution in [2.24, 2.45) is 5.92 Å². The lowest BCUT2D eigenvalue weighted by molar-refractivity contribution is -0.135. The van der Waals surface area contributed by atoms with Crippen LogP contribution in [0.25, 0.3) is 6.08 Å². The van der Waals surface area contributed by atoms with Crippen molar-refractivity contribution in [2.75, 3.05) is 0 Å². The Bertz CT molecular complexity index is 918. The van der Waals surface area contributed by atoms with Gasteiger partial charge in [0.05, 0.1) is 11.5 Å². The van der Waals surface area contributed by atoms with Crippen LogP contribution in [0.5, 0.6) is 11.5 Å². The molecular weight excluding hydrogens is 328 g/mol. The smallest absolute Gasteiger partial charge is 0.314 e. The molecule has 1 aliphatic heterocycles. The van der Waals surface area contributed by atoms with Crippen LogP contribution in [0.15, 0.2) is 42.2 Å². The number of esters is 1. The normalized spacial score (nSPS) is 17.2. The van der Waals surface area contributed by atoms with E-state index < -0.39 is 0 Å². The fraction of sp³-hybridized carbons (Fsp3) is 0.273. The number of ether oxygens (including phenoxy) is 2. The van der Waals surface area contributed by atoms with Crippen LogP contribution >= 0.6 is 0 Å². The first kappa shape index (κ1) is 16.6. The molecule has 0 atom stereocenters. The van der Waals surface area contributed by atoms with Crippen LogP contribution in [0.1, 0.15) is 46.8 Å². The van der Waals surface area contributed by atoms with E-state index in [2.05, 4.69) is 6.92 Å². The van der Waals surface area contributed by atoms with Crippen molar-refractivity contribution in [3.05, 3.63) is 64.4 Å². The summed E-state index contributed by atoms with van der Waals surface area (Å²) in [4.78, 5) is 24.5. The highest BCUT2D eigenvalue weighted by Gasteiger charge is 2.34. The fourth-order valence-electron chi connectivity index (χ4n) is 2.99. The predicted molar refractivity (Wildman–Crippen MR) is 98.3 cm³/mol. The number of carbonyl (C=O) groups excluding carboxylic acids is 2. The van der Waals surface area contributed by atoms with Gasteiger partial charge in [-0.2, -0.15) is 0 Å². The highest BCUT2D eigenvalue weighted by Crippen LogP contribution is 2.40. The van der Waals surface area contributed by atoms with Crippen LogP contribution in [0.3, 0.4) is 0 Å². The van der Waals surface area contributed by atoms with E-state index in [9.17, 15) is 9.59 Å². The van der Waals surface area contributed by atoms with Gasteiger partial charge in [-0.05, 0) is 55.5 Å². The maximum Gasteiger partial charge on any atom is 0.314 e. The molecule has 4 nitrogen and oxygen atoms in total. The molecule has 0 N–H and O–H groups in total. The van der Waals surface area contributed by atoms with E-state index in [0.29, 0.717) is 22.6 Å². The van der Waals surface area contributed by atoms with E-state index in [1.807, 2.05) is 24.3 Å². The van der Waals surface area contributed by atoms with Gasteiger partial charge in [0.15, 0.2) is 5.76 Å². The average Bonchev–Trinajstić information content (AvgIpc) is 3.45. The highest BCUT2D eigenvalue weighted by molar-refractivity contribution is 6.15. The molecule has 1 saturated carbocycles. The number of Topliss-reactive ketones (excluding diaryl/α,β-unsaturated/α-hetero) is 1. The van der Waals surface area contributed by atoms with Crippen LogP contribution in [0, 0.1) is 12.8 Å². The highest BCUT2D eigenvalue weighted by atomic mass is 16.5. The minimum atomic E-state index is -0.204. The number of hydrogen-bond donors (Lipinski definition) is 0. The van der Waals surface area contributed by atoms with Gasteiger partial charge in [0.2, 0.25) is 5.78 Å². The van der Waals surface area contributed by atoms with Crippen LogP contribution in [-0.2, 0) is 11.2 Å². The molecular formula is C22H20O4. The Morgan fingerprint density at radius 2 is 1.92 bits per heavy atom. The first-order chi connectivity index (χ1) is 12.6. The van der Waals surface area contributed by atoms with Gasteiger partial charge in [0.1, 0.15) is 11.5 Å². The summed E-state index contributed by atoms with van der Waals surface area (Å²) in [6, 6.07) is 11.4. The van der Waals surface area contributed by atoms with Crippen LogP contribution in [-0.4, -0.2) is 11.8 Å². The summed E-state index contributed by atoms with van der Waals surface area (Å²) in [5.41, 5.74) is 3.34. The van der Waals surface area contributed by atoms with Gasteiger partial charge in [-0.1, -0.05) is 31.2 Å². The van der Waals surface area contributed by atoms with Crippen molar-refractivity contribution in [2.45, 2.75) is 33.1 Å². The van der Waals surface area contributed by atoms with E-state index in [1.54, 1.807) is 25.1 Å². The van der Waals surface area contributed by atoms with Crippen molar-refractivity contribution >= 4 is 17.8 Å². The van der Waals surface area contributed by atoms with E-state index in [1.165, 1.54) is 5.56 Å². The molecule has 1 aliphatic carbocycles. The Labute approximate surface area is 152 Å². The average molecular weight is 348 g/mol. The second-order valence-corrected chi connectivity index (χ2v) is 6.80. The number of allylic oxidation sites excluding steroid dienone is 1. The van der Waals surface area contributed by atoms with Gasteiger partial charge in [-0.3, -0.25) is 9.59 Å². The summed E-state index contributed by atoms with van der Waals surface area (Å²) in [5.74, 6) is 0.895. The van der Waals surface area contributed by atoms with Gasteiger partial charge < -0.3 is 9.47 Å². The molecule has 0 radical (unpaired) electrons. The van der Waals surface area contributed by atoms with E-state index in [4.69, 9.17) is 9.47 Å². The molecule has 0 amide bonds. The van der Waals surface area contributed by atoms with Gasteiger partial charge in [-0.25, -0.2) is 0 Å². The lowest BCUT2D eigenvalue weighted by atomic mass is 10.0. The second-order valence-electron chi connectivity index (χ2n) is 6.80.